The van der Waals surface area contributed by atoms with Crippen molar-refractivity contribution in [3.8, 4) is 0 Å². The number of furan rings is 1. The lowest BCUT2D eigenvalue weighted by molar-refractivity contribution is 0.0617. The summed E-state index contributed by atoms with van der Waals surface area (Å²) in [6.45, 7) is 7.33. The molecule has 1 aliphatic heterocycles. The van der Waals surface area contributed by atoms with Crippen molar-refractivity contribution in [3.63, 3.8) is 0 Å². The molecule has 30 heavy (non-hydrogen) atoms. The number of anilines is 1. The number of aryl methyl sites for hydroxylation is 2. The molecule has 1 aliphatic rings. The molecule has 1 N–H and O–H groups in total. The molecule has 0 atom stereocenters. The molecule has 0 radical (unpaired) electrons. The Morgan fingerprint density at radius 1 is 1.07 bits per heavy atom. The van der Waals surface area contributed by atoms with Crippen molar-refractivity contribution < 1.29 is 18.4 Å². The number of oxazole rings is 1. The minimum atomic E-state index is -0.327. The molecule has 3 heterocycles. The van der Waals surface area contributed by atoms with Gasteiger partial charge in [0, 0.05) is 37.4 Å². The molecule has 156 valence electrons. The summed E-state index contributed by atoms with van der Waals surface area (Å²) in [5, 5.41) is 2.75. The lowest BCUT2D eigenvalue weighted by atomic mass is 10.1. The fourth-order valence-electron chi connectivity index (χ4n) is 3.39. The Bertz CT molecular complexity index is 997. The van der Waals surface area contributed by atoms with Crippen LogP contribution in [0.2, 0.25) is 0 Å². The number of nitrogens with one attached hydrogen (secondary N) is 1. The lowest BCUT2D eigenvalue weighted by Gasteiger charge is -2.34. The van der Waals surface area contributed by atoms with E-state index in [1.54, 1.807) is 36.4 Å². The Morgan fingerprint density at radius 2 is 1.80 bits per heavy atom. The van der Waals surface area contributed by atoms with E-state index < -0.39 is 0 Å². The molecule has 8 heteroatoms. The molecule has 0 saturated carbocycles. The van der Waals surface area contributed by atoms with Crippen molar-refractivity contribution in [2.24, 2.45) is 0 Å². The van der Waals surface area contributed by atoms with Gasteiger partial charge in [-0.15, -0.1) is 0 Å². The second kappa shape index (κ2) is 8.54. The van der Waals surface area contributed by atoms with Crippen molar-refractivity contribution >= 4 is 17.5 Å². The molecule has 1 fully saturated rings. The molecule has 0 spiro atoms. The van der Waals surface area contributed by atoms with E-state index in [9.17, 15) is 9.59 Å². The van der Waals surface area contributed by atoms with Gasteiger partial charge in [-0.25, -0.2) is 4.98 Å². The Hall–Kier alpha value is -3.39. The minimum Gasteiger partial charge on any atom is -0.459 e. The first-order chi connectivity index (χ1) is 14.5. The third-order valence-electron chi connectivity index (χ3n) is 5.23. The second-order valence-electron chi connectivity index (χ2n) is 7.33. The molecule has 4 rings (SSSR count). The first-order valence-corrected chi connectivity index (χ1v) is 9.89. The van der Waals surface area contributed by atoms with E-state index in [0.717, 1.165) is 30.4 Å². The first kappa shape index (κ1) is 19.9. The highest BCUT2D eigenvalue weighted by Crippen LogP contribution is 2.16. The standard InChI is InChI=1S/C22H24N4O4/c1-15-16(2)30-20(23-15)14-25-9-11-26(12-10-25)22(28)17-5-7-18(8-6-17)24-21(27)19-4-3-13-29-19/h3-8,13H,9-12,14H2,1-2H3,(H,24,27). The SMILES string of the molecule is Cc1nc(CN2CCN(C(=O)c3ccc(NC(=O)c4ccco4)cc3)CC2)oc1C. The lowest BCUT2D eigenvalue weighted by Crippen LogP contribution is -2.48. The smallest absolute Gasteiger partial charge is 0.291 e. The summed E-state index contributed by atoms with van der Waals surface area (Å²) >= 11 is 0. The summed E-state index contributed by atoms with van der Waals surface area (Å²) < 4.78 is 10.7. The van der Waals surface area contributed by atoms with Crippen LogP contribution < -0.4 is 5.32 Å². The van der Waals surface area contributed by atoms with Crippen molar-refractivity contribution in [2.45, 2.75) is 20.4 Å². The summed E-state index contributed by atoms with van der Waals surface area (Å²) in [5.74, 6) is 1.47. The van der Waals surface area contributed by atoms with Gasteiger partial charge in [-0.2, -0.15) is 0 Å². The van der Waals surface area contributed by atoms with Crippen LogP contribution in [0.15, 0.2) is 51.5 Å². The van der Waals surface area contributed by atoms with Crippen LogP contribution in [0.25, 0.3) is 0 Å². The van der Waals surface area contributed by atoms with Gasteiger partial charge in [0.25, 0.3) is 11.8 Å². The van der Waals surface area contributed by atoms with Crippen LogP contribution in [0.5, 0.6) is 0 Å². The fourth-order valence-corrected chi connectivity index (χ4v) is 3.39. The zero-order chi connectivity index (χ0) is 21.1. The Labute approximate surface area is 174 Å². The molecule has 0 bridgehead atoms. The quantitative estimate of drug-likeness (QED) is 0.698. The third kappa shape index (κ3) is 4.44. The number of hydrogen-bond donors (Lipinski definition) is 1. The monoisotopic (exact) mass is 408 g/mol. The average molecular weight is 408 g/mol. The zero-order valence-electron chi connectivity index (χ0n) is 17.1. The zero-order valence-corrected chi connectivity index (χ0v) is 17.1. The molecule has 0 aliphatic carbocycles. The van der Waals surface area contributed by atoms with Crippen LogP contribution >= 0.6 is 0 Å². The number of carbonyl (C=O) groups excluding carboxylic acids is 2. The highest BCUT2D eigenvalue weighted by atomic mass is 16.4. The van der Waals surface area contributed by atoms with E-state index in [4.69, 9.17) is 8.83 Å². The van der Waals surface area contributed by atoms with Gasteiger partial charge < -0.3 is 19.1 Å². The fraction of sp³-hybridized carbons (Fsp3) is 0.318. The molecule has 1 aromatic carbocycles. The summed E-state index contributed by atoms with van der Waals surface area (Å²) in [6.07, 6.45) is 1.45. The molecule has 0 unspecified atom stereocenters. The summed E-state index contributed by atoms with van der Waals surface area (Å²) in [6, 6.07) is 10.1. The Morgan fingerprint density at radius 3 is 2.40 bits per heavy atom. The van der Waals surface area contributed by atoms with Crippen molar-refractivity contribution in [3.05, 3.63) is 71.3 Å². The van der Waals surface area contributed by atoms with E-state index in [2.05, 4.69) is 15.2 Å². The van der Waals surface area contributed by atoms with Crippen molar-refractivity contribution in [1.82, 2.24) is 14.8 Å². The average Bonchev–Trinajstić information content (AvgIpc) is 3.39. The van der Waals surface area contributed by atoms with Gasteiger partial charge in [-0.3, -0.25) is 14.5 Å². The third-order valence-corrected chi connectivity index (χ3v) is 5.23. The van der Waals surface area contributed by atoms with Crippen LogP contribution in [-0.2, 0) is 6.54 Å². The number of nitrogens with zero attached hydrogens (tertiary/aromatic N) is 3. The molecule has 8 nitrogen and oxygen atoms in total. The topological polar surface area (TPSA) is 91.8 Å². The molecule has 1 saturated heterocycles. The number of amides is 2. The number of aromatic nitrogens is 1. The largest absolute Gasteiger partial charge is 0.459 e. The van der Waals surface area contributed by atoms with Crippen LogP contribution in [0.1, 0.15) is 38.3 Å². The second-order valence-corrected chi connectivity index (χ2v) is 7.33. The molecule has 2 amide bonds. The van der Waals surface area contributed by atoms with E-state index in [0.29, 0.717) is 30.9 Å². The van der Waals surface area contributed by atoms with Gasteiger partial charge >= 0.3 is 0 Å². The molecule has 3 aromatic rings. The van der Waals surface area contributed by atoms with E-state index in [1.807, 2.05) is 18.7 Å². The van der Waals surface area contributed by atoms with Gasteiger partial charge in [-0.05, 0) is 50.2 Å². The van der Waals surface area contributed by atoms with Gasteiger partial charge in [0.1, 0.15) is 5.76 Å². The maximum absolute atomic E-state index is 12.8. The number of rotatable bonds is 5. The van der Waals surface area contributed by atoms with Gasteiger partial charge in [0.05, 0.1) is 18.5 Å². The maximum Gasteiger partial charge on any atom is 0.291 e. The molecular weight excluding hydrogens is 384 g/mol. The summed E-state index contributed by atoms with van der Waals surface area (Å²) in [5.41, 5.74) is 2.12. The number of piperazine rings is 1. The van der Waals surface area contributed by atoms with E-state index in [1.165, 1.54) is 6.26 Å². The van der Waals surface area contributed by atoms with Gasteiger partial charge in [0.2, 0.25) is 5.89 Å². The van der Waals surface area contributed by atoms with E-state index in [-0.39, 0.29) is 17.6 Å². The van der Waals surface area contributed by atoms with Crippen molar-refractivity contribution in [2.75, 3.05) is 31.5 Å². The Balaban J connectivity index is 1.30. The number of carbonyl (C=O) groups is 2. The minimum absolute atomic E-state index is 0.0126. The highest BCUT2D eigenvalue weighted by Gasteiger charge is 2.23. The maximum atomic E-state index is 12.8. The number of hydrogen-bond acceptors (Lipinski definition) is 6. The summed E-state index contributed by atoms with van der Waals surface area (Å²) in [4.78, 5) is 33.3. The normalized spacial score (nSPS) is 14.7. The van der Waals surface area contributed by atoms with Gasteiger partial charge in [-0.1, -0.05) is 0 Å². The molecular formula is C22H24N4O4. The predicted molar refractivity (Wildman–Crippen MR) is 110 cm³/mol. The molecule has 2 aromatic heterocycles. The van der Waals surface area contributed by atoms with Crippen molar-refractivity contribution in [1.29, 1.82) is 0 Å². The number of benzene rings is 1. The van der Waals surface area contributed by atoms with Gasteiger partial charge in [0.15, 0.2) is 5.76 Å². The first-order valence-electron chi connectivity index (χ1n) is 9.89. The van der Waals surface area contributed by atoms with E-state index >= 15 is 0 Å². The van der Waals surface area contributed by atoms with Crippen LogP contribution in [0.3, 0.4) is 0 Å². The predicted octanol–water partition coefficient (Wildman–Crippen LogP) is 3.09. The Kier molecular flexibility index (Phi) is 5.67. The van der Waals surface area contributed by atoms with Crippen LogP contribution in [0, 0.1) is 13.8 Å². The highest BCUT2D eigenvalue weighted by molar-refractivity contribution is 6.02. The van der Waals surface area contributed by atoms with Crippen LogP contribution in [0.4, 0.5) is 5.69 Å². The van der Waals surface area contributed by atoms with Crippen LogP contribution in [-0.4, -0.2) is 52.8 Å². The summed E-state index contributed by atoms with van der Waals surface area (Å²) in [7, 11) is 0.